The number of carbonyl (C=O) groups is 1. The maximum absolute atomic E-state index is 14.7. The molecular weight excluding hydrogens is 1010 g/mol. The van der Waals surface area contributed by atoms with Gasteiger partial charge in [-0.15, -0.1) is 0 Å². The number of fused-ring (bicyclic) bond motifs is 1. The Morgan fingerprint density at radius 3 is 2.24 bits per heavy atom. The van der Waals surface area contributed by atoms with Gasteiger partial charge in [-0.05, 0) is 120 Å². The lowest BCUT2D eigenvalue weighted by Gasteiger charge is -2.32. The standard InChI is InChI=1S/C56H65ClFN8O9P/c1-37-42(22-23-48(50(37)57)70-31-30-65-28-26-64(8)27-29-65)49-44(38-18-20-40(58)21-19-38)33-66-51(49)53(60-35-61-66)63-45(54(67)72-36-73-76(68,74-55(2,3)4)75-56(5,6)7)32-39-14-10-12-16-46(39)71-34-41-24-25-59-52(62-41)43-15-11-13-17-47(43)69-9/h10-25,33,35,45H,26-32,34,36H2,1-9H3,(H,60,61,63). The molecular formula is C56H65ClFN8O9P. The fourth-order valence-electron chi connectivity index (χ4n) is 8.61. The first-order valence-corrected chi connectivity index (χ1v) is 26.8. The van der Waals surface area contributed by atoms with Crippen molar-refractivity contribution in [3.63, 3.8) is 0 Å². The molecule has 4 heterocycles. The third-order valence-electron chi connectivity index (χ3n) is 12.2. The number of para-hydroxylation sites is 2. The molecule has 1 saturated heterocycles. The van der Waals surface area contributed by atoms with E-state index in [1.807, 2.05) is 67.7 Å². The second-order valence-corrected chi connectivity index (χ2v) is 22.2. The van der Waals surface area contributed by atoms with Gasteiger partial charge in [-0.1, -0.05) is 60.1 Å². The average Bonchev–Trinajstić information content (AvgIpc) is 3.81. The molecule has 20 heteroatoms. The SMILES string of the molecule is COc1ccccc1-c1nccc(COc2ccccc2CC(Nc2ncnn3cc(-c4ccc(F)cc4)c(-c4ccc(OCCN5CCN(C)CC5)c(Cl)c4C)c23)C(=O)OCOP(=O)(OC(C)(C)C)OC(C)(C)C)n1. The van der Waals surface area contributed by atoms with Crippen LogP contribution in [0.2, 0.25) is 5.02 Å². The zero-order chi connectivity index (χ0) is 54.2. The highest BCUT2D eigenvalue weighted by Crippen LogP contribution is 2.55. The van der Waals surface area contributed by atoms with Crippen LogP contribution in [0.3, 0.4) is 0 Å². The van der Waals surface area contributed by atoms with Crippen LogP contribution in [-0.2, 0) is 40.7 Å². The number of nitrogens with zero attached hydrogens (tertiary/aromatic N) is 7. The van der Waals surface area contributed by atoms with E-state index in [2.05, 4.69) is 32.2 Å². The highest BCUT2D eigenvalue weighted by molar-refractivity contribution is 7.48. The molecule has 0 saturated carbocycles. The molecule has 3 aromatic heterocycles. The van der Waals surface area contributed by atoms with Gasteiger partial charge in [-0.25, -0.2) is 37.7 Å². The van der Waals surface area contributed by atoms with Crippen molar-refractivity contribution in [2.24, 2.45) is 0 Å². The van der Waals surface area contributed by atoms with Crippen LogP contribution >= 0.6 is 19.4 Å². The van der Waals surface area contributed by atoms with E-state index in [1.165, 1.54) is 18.5 Å². The lowest BCUT2D eigenvalue weighted by molar-refractivity contribution is -0.153. The van der Waals surface area contributed by atoms with Crippen molar-refractivity contribution in [2.45, 2.75) is 78.7 Å². The lowest BCUT2D eigenvalue weighted by atomic mass is 9.94. The van der Waals surface area contributed by atoms with Crippen LogP contribution in [0.4, 0.5) is 10.2 Å². The molecule has 0 spiro atoms. The van der Waals surface area contributed by atoms with Gasteiger partial charge in [0.05, 0.1) is 34.6 Å². The number of hydrogen-bond acceptors (Lipinski definition) is 16. The molecule has 1 atom stereocenters. The fraction of sp³-hybridized carbons (Fsp3) is 0.375. The second kappa shape index (κ2) is 24.2. The Balaban J connectivity index is 1.14. The predicted molar refractivity (Wildman–Crippen MR) is 290 cm³/mol. The monoisotopic (exact) mass is 1080 g/mol. The highest BCUT2D eigenvalue weighted by Gasteiger charge is 2.38. The molecule has 4 aromatic carbocycles. The summed E-state index contributed by atoms with van der Waals surface area (Å²) in [5, 5.41) is 8.42. The first kappa shape index (κ1) is 55.7. The van der Waals surface area contributed by atoms with Gasteiger partial charge in [0, 0.05) is 62.7 Å². The minimum atomic E-state index is -4.29. The zero-order valence-corrected chi connectivity index (χ0v) is 46.0. The summed E-state index contributed by atoms with van der Waals surface area (Å²) in [5.41, 5.74) is 3.97. The molecule has 0 bridgehead atoms. The van der Waals surface area contributed by atoms with Crippen molar-refractivity contribution in [1.82, 2.24) is 34.4 Å². The Kier molecular flexibility index (Phi) is 17.8. The Bertz CT molecular complexity index is 3160. The molecule has 7 aromatic rings. The first-order valence-electron chi connectivity index (χ1n) is 25.0. The number of hydrogen-bond donors (Lipinski definition) is 1. The van der Waals surface area contributed by atoms with E-state index in [0.29, 0.717) is 73.7 Å². The number of anilines is 1. The Morgan fingerprint density at radius 2 is 1.53 bits per heavy atom. The van der Waals surface area contributed by atoms with E-state index in [0.717, 1.165) is 43.9 Å². The number of carbonyl (C=O) groups excluding carboxylic acids is 1. The molecule has 8 rings (SSSR count). The Hall–Kier alpha value is -6.50. The summed E-state index contributed by atoms with van der Waals surface area (Å²) in [5.74, 6) is 1.13. The van der Waals surface area contributed by atoms with Gasteiger partial charge in [-0.3, -0.25) is 13.9 Å². The number of piperazine rings is 1. The van der Waals surface area contributed by atoms with Gasteiger partial charge < -0.3 is 29.2 Å². The number of nitrogens with one attached hydrogen (secondary N) is 1. The summed E-state index contributed by atoms with van der Waals surface area (Å²) < 4.78 is 71.5. The molecule has 1 fully saturated rings. The van der Waals surface area contributed by atoms with Gasteiger partial charge in [-0.2, -0.15) is 5.10 Å². The smallest absolute Gasteiger partial charge is 0.478 e. The van der Waals surface area contributed by atoms with Crippen molar-refractivity contribution in [3.05, 3.63) is 137 Å². The number of ether oxygens (including phenoxy) is 4. The van der Waals surface area contributed by atoms with E-state index >= 15 is 0 Å². The summed E-state index contributed by atoms with van der Waals surface area (Å²) in [6.07, 6.45) is 4.82. The van der Waals surface area contributed by atoms with E-state index in [9.17, 15) is 13.8 Å². The summed E-state index contributed by atoms with van der Waals surface area (Å²) in [6.45, 7) is 16.5. The number of phosphoric acid groups is 1. The maximum Gasteiger partial charge on any atom is 0.478 e. The molecule has 1 aliphatic heterocycles. The summed E-state index contributed by atoms with van der Waals surface area (Å²) in [6, 6.07) is 25.2. The van der Waals surface area contributed by atoms with Crippen molar-refractivity contribution >= 4 is 36.7 Å². The normalized spacial score (nSPS) is 14.1. The molecule has 17 nitrogen and oxygen atoms in total. The number of phosphoric ester groups is 1. The van der Waals surface area contributed by atoms with Crippen molar-refractivity contribution < 1.29 is 46.3 Å². The van der Waals surface area contributed by atoms with Crippen molar-refractivity contribution in [3.8, 4) is 50.9 Å². The molecule has 0 aliphatic carbocycles. The number of benzene rings is 4. The van der Waals surface area contributed by atoms with Gasteiger partial charge in [0.15, 0.2) is 11.6 Å². The largest absolute Gasteiger partial charge is 0.496 e. The van der Waals surface area contributed by atoms with E-state index in [1.54, 1.807) is 83.6 Å². The van der Waals surface area contributed by atoms with Gasteiger partial charge in [0.2, 0.25) is 6.79 Å². The van der Waals surface area contributed by atoms with Crippen molar-refractivity contribution in [2.75, 3.05) is 65.6 Å². The van der Waals surface area contributed by atoms with Gasteiger partial charge in [0.25, 0.3) is 0 Å². The van der Waals surface area contributed by atoms with Crippen LogP contribution in [0.25, 0.3) is 39.2 Å². The summed E-state index contributed by atoms with van der Waals surface area (Å²) >= 11 is 7.18. The quantitative estimate of drug-likeness (QED) is 0.0409. The van der Waals surface area contributed by atoms with Gasteiger partial charge >= 0.3 is 13.8 Å². The predicted octanol–water partition coefficient (Wildman–Crippen LogP) is 11.1. The number of halogens is 2. The number of methoxy groups -OCH3 is 1. The average molecular weight is 1080 g/mol. The summed E-state index contributed by atoms with van der Waals surface area (Å²) in [7, 11) is -0.578. The Morgan fingerprint density at radius 1 is 0.829 bits per heavy atom. The van der Waals surface area contributed by atoms with Crippen molar-refractivity contribution in [1.29, 1.82) is 0 Å². The maximum atomic E-state index is 14.7. The molecule has 1 N–H and O–H groups in total. The molecule has 1 aliphatic rings. The third-order valence-corrected chi connectivity index (χ3v) is 14.7. The molecule has 1 unspecified atom stereocenters. The minimum Gasteiger partial charge on any atom is -0.496 e. The second-order valence-electron chi connectivity index (χ2n) is 20.3. The fourth-order valence-corrected chi connectivity index (χ4v) is 10.5. The lowest BCUT2D eigenvalue weighted by Crippen LogP contribution is -2.45. The van der Waals surface area contributed by atoms with Crippen LogP contribution in [-0.4, -0.2) is 118 Å². The van der Waals surface area contributed by atoms with Crippen LogP contribution in [0.1, 0.15) is 58.4 Å². The topological polar surface area (TPSA) is 173 Å². The minimum absolute atomic E-state index is 0.0120. The van der Waals surface area contributed by atoms with Gasteiger partial charge in [0.1, 0.15) is 54.2 Å². The molecule has 402 valence electrons. The zero-order valence-electron chi connectivity index (χ0n) is 44.3. The third kappa shape index (κ3) is 14.3. The first-order chi connectivity index (χ1) is 36.3. The van der Waals surface area contributed by atoms with Crippen LogP contribution in [0, 0.1) is 12.7 Å². The highest BCUT2D eigenvalue weighted by atomic mass is 35.5. The van der Waals surface area contributed by atoms with Crippen LogP contribution in [0.5, 0.6) is 17.2 Å². The Labute approximate surface area is 448 Å². The van der Waals surface area contributed by atoms with E-state index in [4.69, 9.17) is 54.1 Å². The van der Waals surface area contributed by atoms with Crippen LogP contribution in [0.15, 0.2) is 110 Å². The molecule has 76 heavy (non-hydrogen) atoms. The number of likely N-dealkylation sites (N-methyl/N-ethyl adjacent to an activating group) is 1. The van der Waals surface area contributed by atoms with E-state index < -0.39 is 43.6 Å². The summed E-state index contributed by atoms with van der Waals surface area (Å²) in [4.78, 5) is 33.3. The molecule has 0 radical (unpaired) electrons. The molecule has 0 amide bonds. The number of rotatable bonds is 21. The van der Waals surface area contributed by atoms with Crippen LogP contribution < -0.4 is 19.5 Å². The number of esters is 1. The van der Waals surface area contributed by atoms with E-state index in [-0.39, 0.29) is 18.8 Å². The number of aromatic nitrogens is 5.